The van der Waals surface area contributed by atoms with Gasteiger partial charge in [0.2, 0.25) is 0 Å². The Kier molecular flexibility index (Phi) is 4.25. The molecule has 14 heavy (non-hydrogen) atoms. The van der Waals surface area contributed by atoms with Gasteiger partial charge in [-0.05, 0) is 31.6 Å². The fraction of sp³-hybridized carbons (Fsp3) is 0.889. The van der Waals surface area contributed by atoms with Gasteiger partial charge >= 0.3 is 12.4 Å². The summed E-state index contributed by atoms with van der Waals surface area (Å²) < 4.78 is 27.9. The first-order chi connectivity index (χ1) is 6.59. The maximum absolute atomic E-state index is 11.7. The van der Waals surface area contributed by atoms with Crippen LogP contribution in [0, 0.1) is 5.92 Å². The number of halogens is 2. The molecule has 0 aromatic rings. The number of alkyl halides is 2. The predicted octanol–water partition coefficient (Wildman–Crippen LogP) is 1.35. The van der Waals surface area contributed by atoms with Crippen LogP contribution >= 0.6 is 0 Å². The molecule has 0 aromatic carbocycles. The minimum atomic E-state index is -3.04. The third-order valence-corrected chi connectivity index (χ3v) is 2.46. The van der Waals surface area contributed by atoms with Gasteiger partial charge in [-0.1, -0.05) is 0 Å². The summed E-state index contributed by atoms with van der Waals surface area (Å²) in [7, 11) is 0. The second kappa shape index (κ2) is 5.24. The van der Waals surface area contributed by atoms with E-state index in [1.54, 1.807) is 0 Å². The molecular weight excluding hydrogens is 194 g/mol. The lowest BCUT2D eigenvalue weighted by Crippen LogP contribution is -2.24. The Hall–Kier alpha value is -0.710. The molecule has 1 aliphatic carbocycles. The van der Waals surface area contributed by atoms with E-state index in [4.69, 9.17) is 5.11 Å². The minimum Gasteiger partial charge on any atom is -0.461 e. The predicted molar refractivity (Wildman–Crippen MR) is 44.9 cm³/mol. The van der Waals surface area contributed by atoms with Gasteiger partial charge in [-0.25, -0.2) is 4.79 Å². The molecule has 3 nitrogen and oxygen atoms in total. The van der Waals surface area contributed by atoms with Crippen LogP contribution in [0.1, 0.15) is 25.7 Å². The van der Waals surface area contributed by atoms with Crippen molar-refractivity contribution >= 4 is 5.97 Å². The number of esters is 1. The van der Waals surface area contributed by atoms with Crippen LogP contribution in [0.3, 0.4) is 0 Å². The van der Waals surface area contributed by atoms with Gasteiger partial charge in [-0.15, -0.1) is 0 Å². The molecule has 0 saturated heterocycles. The van der Waals surface area contributed by atoms with E-state index in [0.29, 0.717) is 12.8 Å². The highest BCUT2D eigenvalue weighted by atomic mass is 19.3. The molecule has 0 atom stereocenters. The molecule has 1 saturated carbocycles. The van der Waals surface area contributed by atoms with Crippen LogP contribution in [-0.4, -0.2) is 30.2 Å². The molecule has 0 aliphatic heterocycles. The van der Waals surface area contributed by atoms with E-state index >= 15 is 0 Å². The average molecular weight is 208 g/mol. The quantitative estimate of drug-likeness (QED) is 0.712. The number of carbonyl (C=O) groups excluding carboxylic acids is 1. The summed E-state index contributed by atoms with van der Waals surface area (Å²) in [6.07, 6.45) is -0.524. The molecular formula is C9H14F2O3. The SMILES string of the molecule is O=C(OCC1CCC(O)CC1)C(F)F. The highest BCUT2D eigenvalue weighted by Crippen LogP contribution is 2.24. The van der Waals surface area contributed by atoms with E-state index in [9.17, 15) is 13.6 Å². The summed E-state index contributed by atoms with van der Waals surface area (Å²) in [6.45, 7) is 0.0515. The number of ether oxygens (including phenoxy) is 1. The maximum atomic E-state index is 11.7. The van der Waals surface area contributed by atoms with Crippen molar-refractivity contribution in [3.8, 4) is 0 Å². The fourth-order valence-corrected chi connectivity index (χ4v) is 1.57. The van der Waals surface area contributed by atoms with Gasteiger partial charge in [0.1, 0.15) is 0 Å². The van der Waals surface area contributed by atoms with Crippen molar-refractivity contribution in [2.75, 3.05) is 6.61 Å². The van der Waals surface area contributed by atoms with Crippen LogP contribution in [-0.2, 0) is 9.53 Å². The second-order valence-electron chi connectivity index (χ2n) is 3.61. The zero-order valence-corrected chi connectivity index (χ0v) is 7.79. The van der Waals surface area contributed by atoms with Crippen LogP contribution in [0.15, 0.2) is 0 Å². The van der Waals surface area contributed by atoms with Crippen molar-refractivity contribution in [2.24, 2.45) is 5.92 Å². The Labute approximate surface area is 81.1 Å². The molecule has 0 radical (unpaired) electrons. The average Bonchev–Trinajstić information content (AvgIpc) is 2.16. The summed E-state index contributed by atoms with van der Waals surface area (Å²) in [6, 6.07) is 0. The van der Waals surface area contributed by atoms with E-state index in [2.05, 4.69) is 4.74 Å². The Bertz CT molecular complexity index is 188. The fourth-order valence-electron chi connectivity index (χ4n) is 1.57. The number of hydrogen-bond donors (Lipinski definition) is 1. The van der Waals surface area contributed by atoms with Crippen molar-refractivity contribution in [3.63, 3.8) is 0 Å². The van der Waals surface area contributed by atoms with Crippen LogP contribution in [0.4, 0.5) is 8.78 Å². The highest BCUT2D eigenvalue weighted by molar-refractivity contribution is 5.72. The molecule has 0 bridgehead atoms. The lowest BCUT2D eigenvalue weighted by molar-refractivity contribution is -0.158. The molecule has 1 N–H and O–H groups in total. The Morgan fingerprint density at radius 3 is 2.43 bits per heavy atom. The molecule has 5 heteroatoms. The third kappa shape index (κ3) is 3.57. The first-order valence-electron chi connectivity index (χ1n) is 4.72. The lowest BCUT2D eigenvalue weighted by atomic mass is 9.88. The van der Waals surface area contributed by atoms with Crippen LogP contribution < -0.4 is 0 Å². The summed E-state index contributed by atoms with van der Waals surface area (Å²) in [5.74, 6) is -1.32. The maximum Gasteiger partial charge on any atom is 0.373 e. The van der Waals surface area contributed by atoms with Crippen molar-refractivity contribution in [3.05, 3.63) is 0 Å². The Morgan fingerprint density at radius 1 is 1.36 bits per heavy atom. The normalized spacial score (nSPS) is 27.7. The van der Waals surface area contributed by atoms with Crippen molar-refractivity contribution in [1.29, 1.82) is 0 Å². The number of aliphatic hydroxyl groups excluding tert-OH is 1. The van der Waals surface area contributed by atoms with E-state index in [1.165, 1.54) is 0 Å². The first-order valence-corrected chi connectivity index (χ1v) is 4.72. The molecule has 0 unspecified atom stereocenters. The zero-order chi connectivity index (χ0) is 10.6. The number of rotatable bonds is 3. The summed E-state index contributed by atoms with van der Waals surface area (Å²) in [4.78, 5) is 10.4. The van der Waals surface area contributed by atoms with E-state index in [0.717, 1.165) is 12.8 Å². The Balaban J connectivity index is 2.16. The molecule has 0 amide bonds. The highest BCUT2D eigenvalue weighted by Gasteiger charge is 2.23. The van der Waals surface area contributed by atoms with Gasteiger partial charge in [-0.3, -0.25) is 0 Å². The smallest absolute Gasteiger partial charge is 0.373 e. The van der Waals surface area contributed by atoms with Gasteiger partial charge in [-0.2, -0.15) is 8.78 Å². The number of aliphatic hydroxyl groups is 1. The molecule has 1 aliphatic rings. The van der Waals surface area contributed by atoms with Crippen molar-refractivity contribution < 1.29 is 23.4 Å². The first kappa shape index (κ1) is 11.4. The second-order valence-corrected chi connectivity index (χ2v) is 3.61. The summed E-state index contributed by atoms with van der Waals surface area (Å²) >= 11 is 0. The molecule has 0 heterocycles. The van der Waals surface area contributed by atoms with E-state index in [-0.39, 0.29) is 18.6 Å². The van der Waals surface area contributed by atoms with Gasteiger partial charge in [0.25, 0.3) is 0 Å². The lowest BCUT2D eigenvalue weighted by Gasteiger charge is -2.24. The third-order valence-electron chi connectivity index (χ3n) is 2.46. The Morgan fingerprint density at radius 2 is 1.93 bits per heavy atom. The van der Waals surface area contributed by atoms with Crippen LogP contribution in [0.25, 0.3) is 0 Å². The van der Waals surface area contributed by atoms with Crippen LogP contribution in [0.2, 0.25) is 0 Å². The van der Waals surface area contributed by atoms with Gasteiger partial charge in [0.05, 0.1) is 12.7 Å². The van der Waals surface area contributed by atoms with Gasteiger partial charge in [0, 0.05) is 0 Å². The van der Waals surface area contributed by atoms with Crippen molar-refractivity contribution in [2.45, 2.75) is 38.2 Å². The van der Waals surface area contributed by atoms with Crippen LogP contribution in [0.5, 0.6) is 0 Å². The van der Waals surface area contributed by atoms with Gasteiger partial charge in [0.15, 0.2) is 0 Å². The zero-order valence-electron chi connectivity index (χ0n) is 7.79. The molecule has 1 fully saturated rings. The monoisotopic (exact) mass is 208 g/mol. The van der Waals surface area contributed by atoms with E-state index in [1.807, 2.05) is 0 Å². The van der Waals surface area contributed by atoms with Crippen molar-refractivity contribution in [1.82, 2.24) is 0 Å². The molecule has 82 valence electrons. The van der Waals surface area contributed by atoms with E-state index < -0.39 is 12.4 Å². The summed E-state index contributed by atoms with van der Waals surface area (Å²) in [5, 5.41) is 9.16. The summed E-state index contributed by atoms with van der Waals surface area (Å²) in [5.41, 5.74) is 0. The molecule has 1 rings (SSSR count). The number of carbonyl (C=O) groups is 1. The number of hydrogen-bond acceptors (Lipinski definition) is 3. The largest absolute Gasteiger partial charge is 0.461 e. The van der Waals surface area contributed by atoms with Gasteiger partial charge < -0.3 is 9.84 Å². The minimum absolute atomic E-state index is 0.0515. The standard InChI is InChI=1S/C9H14F2O3/c10-8(11)9(13)14-5-6-1-3-7(12)4-2-6/h6-8,12H,1-5H2. The topological polar surface area (TPSA) is 46.5 Å². The molecule has 0 aromatic heterocycles. The molecule has 0 spiro atoms.